The summed E-state index contributed by atoms with van der Waals surface area (Å²) in [6.45, 7) is 10.8. The molecule has 0 spiro atoms. The van der Waals surface area contributed by atoms with Gasteiger partial charge in [-0.2, -0.15) is 0 Å². The Hall–Kier alpha value is -2.02. The molecule has 20 heavy (non-hydrogen) atoms. The van der Waals surface area contributed by atoms with Crippen molar-refractivity contribution >= 4 is 5.57 Å². The Bertz CT molecular complexity index is 583. The molecule has 0 aliphatic carbocycles. The zero-order valence-electron chi connectivity index (χ0n) is 12.7. The highest BCUT2D eigenvalue weighted by Crippen LogP contribution is 2.33. The van der Waals surface area contributed by atoms with Crippen LogP contribution in [0.25, 0.3) is 16.7 Å². The second-order valence-electron chi connectivity index (χ2n) is 6.03. The first-order chi connectivity index (χ1) is 9.41. The number of ether oxygens (including phenoxy) is 1. The van der Waals surface area contributed by atoms with Crippen LogP contribution in [0.4, 0.5) is 0 Å². The van der Waals surface area contributed by atoms with E-state index >= 15 is 0 Å². The van der Waals surface area contributed by atoms with E-state index in [0.29, 0.717) is 0 Å². The van der Waals surface area contributed by atoms with Gasteiger partial charge < -0.3 is 4.74 Å². The van der Waals surface area contributed by atoms with Crippen LogP contribution >= 0.6 is 0 Å². The summed E-state index contributed by atoms with van der Waals surface area (Å²) in [5.74, 6) is 0.881. The summed E-state index contributed by atoms with van der Waals surface area (Å²) >= 11 is 0. The summed E-state index contributed by atoms with van der Waals surface area (Å²) in [6, 6.07) is 16.7. The molecule has 0 saturated heterocycles. The van der Waals surface area contributed by atoms with Crippen LogP contribution < -0.4 is 4.74 Å². The van der Waals surface area contributed by atoms with Crippen LogP contribution in [0.2, 0.25) is 0 Å². The topological polar surface area (TPSA) is 9.23 Å². The third-order valence-electron chi connectivity index (χ3n) is 3.56. The summed E-state index contributed by atoms with van der Waals surface area (Å²) in [7, 11) is 1.68. The molecule has 0 radical (unpaired) electrons. The van der Waals surface area contributed by atoms with Gasteiger partial charge in [0.05, 0.1) is 7.11 Å². The predicted octanol–water partition coefficient (Wildman–Crippen LogP) is 5.42. The second kappa shape index (κ2) is 5.54. The highest BCUT2D eigenvalue weighted by atomic mass is 16.5. The smallest absolute Gasteiger partial charge is 0.118 e. The van der Waals surface area contributed by atoms with Crippen molar-refractivity contribution in [2.75, 3.05) is 7.11 Å². The molecule has 104 valence electrons. The zero-order valence-corrected chi connectivity index (χ0v) is 12.7. The minimum atomic E-state index is 0.0988. The summed E-state index contributed by atoms with van der Waals surface area (Å²) < 4.78 is 5.18. The van der Waals surface area contributed by atoms with Crippen LogP contribution in [0.3, 0.4) is 0 Å². The molecule has 0 fully saturated rings. The van der Waals surface area contributed by atoms with Crippen molar-refractivity contribution in [2.24, 2.45) is 5.41 Å². The standard InChI is InChI=1S/C19H22O/c1-14(19(2,3)4)15-6-8-16(9-7-15)17-10-12-18(20-5)13-11-17/h6-13H,1H2,2-5H3. The Balaban J connectivity index is 2.25. The van der Waals surface area contributed by atoms with Gasteiger partial charge in [-0.05, 0) is 39.8 Å². The molecule has 1 nitrogen and oxygen atoms in total. The minimum Gasteiger partial charge on any atom is -0.497 e. The molecule has 0 aliphatic heterocycles. The molecule has 2 aromatic carbocycles. The molecule has 0 unspecified atom stereocenters. The zero-order chi connectivity index (χ0) is 14.8. The van der Waals surface area contributed by atoms with Crippen molar-refractivity contribution in [1.82, 2.24) is 0 Å². The Morgan fingerprint density at radius 1 is 0.850 bits per heavy atom. The molecule has 1 heteroatoms. The minimum absolute atomic E-state index is 0.0988. The maximum atomic E-state index is 5.18. The molecule has 0 aromatic heterocycles. The maximum Gasteiger partial charge on any atom is 0.118 e. The lowest BCUT2D eigenvalue weighted by Gasteiger charge is -2.22. The molecule has 2 rings (SSSR count). The van der Waals surface area contributed by atoms with Crippen LogP contribution in [-0.2, 0) is 0 Å². The van der Waals surface area contributed by atoms with Crippen LogP contribution in [0.1, 0.15) is 26.3 Å². The summed E-state index contributed by atoms with van der Waals surface area (Å²) in [5.41, 5.74) is 4.87. The van der Waals surface area contributed by atoms with Crippen LogP contribution in [0.5, 0.6) is 5.75 Å². The van der Waals surface area contributed by atoms with Gasteiger partial charge in [-0.1, -0.05) is 63.7 Å². The van der Waals surface area contributed by atoms with Gasteiger partial charge in [-0.15, -0.1) is 0 Å². The number of allylic oxidation sites excluding steroid dienone is 1. The number of hydrogen-bond donors (Lipinski definition) is 0. The normalized spacial score (nSPS) is 11.2. The lowest BCUT2D eigenvalue weighted by atomic mass is 9.83. The van der Waals surface area contributed by atoms with Gasteiger partial charge in [0, 0.05) is 0 Å². The van der Waals surface area contributed by atoms with Crippen LogP contribution in [-0.4, -0.2) is 7.11 Å². The molecule has 0 heterocycles. The molecule has 0 bridgehead atoms. The third kappa shape index (κ3) is 3.11. The van der Waals surface area contributed by atoms with Gasteiger partial charge in [-0.25, -0.2) is 0 Å². The van der Waals surface area contributed by atoms with E-state index in [-0.39, 0.29) is 5.41 Å². The van der Waals surface area contributed by atoms with Crippen molar-refractivity contribution in [1.29, 1.82) is 0 Å². The average molecular weight is 266 g/mol. The molecular weight excluding hydrogens is 244 g/mol. The molecule has 0 saturated carbocycles. The fourth-order valence-corrected chi connectivity index (χ4v) is 2.08. The summed E-state index contributed by atoms with van der Waals surface area (Å²) in [6.07, 6.45) is 0. The Labute approximate surface area is 121 Å². The second-order valence-corrected chi connectivity index (χ2v) is 6.03. The van der Waals surface area contributed by atoms with Crippen molar-refractivity contribution in [3.63, 3.8) is 0 Å². The van der Waals surface area contributed by atoms with E-state index in [1.165, 1.54) is 22.3 Å². The number of hydrogen-bond acceptors (Lipinski definition) is 1. The molecule has 0 N–H and O–H groups in total. The predicted molar refractivity (Wildman–Crippen MR) is 86.9 cm³/mol. The van der Waals surface area contributed by atoms with Gasteiger partial charge >= 0.3 is 0 Å². The monoisotopic (exact) mass is 266 g/mol. The van der Waals surface area contributed by atoms with Gasteiger partial charge in [-0.3, -0.25) is 0 Å². The lowest BCUT2D eigenvalue weighted by Crippen LogP contribution is -2.06. The van der Waals surface area contributed by atoms with Gasteiger partial charge in [0.1, 0.15) is 5.75 Å². The van der Waals surface area contributed by atoms with E-state index in [1.807, 2.05) is 12.1 Å². The largest absolute Gasteiger partial charge is 0.497 e. The number of benzene rings is 2. The van der Waals surface area contributed by atoms with Crippen LogP contribution in [0.15, 0.2) is 55.1 Å². The van der Waals surface area contributed by atoms with E-state index in [2.05, 4.69) is 63.7 Å². The quantitative estimate of drug-likeness (QED) is 0.720. The van der Waals surface area contributed by atoms with E-state index < -0.39 is 0 Å². The first kappa shape index (κ1) is 14.4. The lowest BCUT2D eigenvalue weighted by molar-refractivity contribution is 0.415. The third-order valence-corrected chi connectivity index (χ3v) is 3.56. The van der Waals surface area contributed by atoms with E-state index in [0.717, 1.165) is 5.75 Å². The van der Waals surface area contributed by atoms with Crippen molar-refractivity contribution in [3.05, 3.63) is 60.7 Å². The van der Waals surface area contributed by atoms with E-state index in [4.69, 9.17) is 4.74 Å². The van der Waals surface area contributed by atoms with Crippen molar-refractivity contribution < 1.29 is 4.74 Å². The number of rotatable bonds is 3. The number of methoxy groups -OCH3 is 1. The fourth-order valence-electron chi connectivity index (χ4n) is 2.08. The van der Waals surface area contributed by atoms with Crippen molar-refractivity contribution in [3.8, 4) is 16.9 Å². The highest BCUT2D eigenvalue weighted by Gasteiger charge is 2.16. The summed E-state index contributed by atoms with van der Waals surface area (Å²) in [5, 5.41) is 0. The summed E-state index contributed by atoms with van der Waals surface area (Å²) in [4.78, 5) is 0. The Morgan fingerprint density at radius 2 is 1.30 bits per heavy atom. The van der Waals surface area contributed by atoms with E-state index in [9.17, 15) is 0 Å². The van der Waals surface area contributed by atoms with Gasteiger partial charge in [0.15, 0.2) is 0 Å². The van der Waals surface area contributed by atoms with Crippen molar-refractivity contribution in [2.45, 2.75) is 20.8 Å². The first-order valence-electron chi connectivity index (χ1n) is 6.86. The molecular formula is C19H22O. The van der Waals surface area contributed by atoms with E-state index in [1.54, 1.807) is 7.11 Å². The molecule has 2 aromatic rings. The fraction of sp³-hybridized carbons (Fsp3) is 0.263. The highest BCUT2D eigenvalue weighted by molar-refractivity contribution is 5.71. The Morgan fingerprint density at radius 3 is 1.70 bits per heavy atom. The van der Waals surface area contributed by atoms with Gasteiger partial charge in [0.25, 0.3) is 0 Å². The molecule has 0 aliphatic rings. The Kier molecular flexibility index (Phi) is 3.99. The SMILES string of the molecule is C=C(c1ccc(-c2ccc(OC)cc2)cc1)C(C)(C)C. The maximum absolute atomic E-state index is 5.18. The molecule has 0 amide bonds. The van der Waals surface area contributed by atoms with Gasteiger partial charge in [0.2, 0.25) is 0 Å². The van der Waals surface area contributed by atoms with Crippen LogP contribution in [0, 0.1) is 5.41 Å². The first-order valence-corrected chi connectivity index (χ1v) is 6.86. The molecule has 0 atom stereocenters. The average Bonchev–Trinajstić information content (AvgIpc) is 2.46.